The van der Waals surface area contributed by atoms with Gasteiger partial charge in [-0.25, -0.2) is 4.68 Å². The molecule has 0 bridgehead atoms. The maximum Gasteiger partial charge on any atom is 0.128 e. The van der Waals surface area contributed by atoms with E-state index in [9.17, 15) is 5.11 Å². The van der Waals surface area contributed by atoms with Crippen molar-refractivity contribution in [3.63, 3.8) is 0 Å². The van der Waals surface area contributed by atoms with Crippen LogP contribution >= 0.6 is 0 Å². The Labute approximate surface area is 90.3 Å². The van der Waals surface area contributed by atoms with Gasteiger partial charge in [0, 0.05) is 23.6 Å². The van der Waals surface area contributed by atoms with Crippen LogP contribution in [0.4, 0.5) is 5.82 Å². The molecule has 0 fully saturated rings. The van der Waals surface area contributed by atoms with Gasteiger partial charge in [0.15, 0.2) is 0 Å². The lowest BCUT2D eigenvalue weighted by Crippen LogP contribution is -2.28. The molecule has 0 amide bonds. The average molecular weight is 209 g/mol. The molecule has 4 heteroatoms. The molecule has 1 aromatic heterocycles. The lowest BCUT2D eigenvalue weighted by molar-refractivity contribution is 0.253. The van der Waals surface area contributed by atoms with Crippen LogP contribution in [0, 0.1) is 0 Å². The van der Waals surface area contributed by atoms with Crippen LogP contribution in [0.25, 0.3) is 0 Å². The first-order valence-corrected chi connectivity index (χ1v) is 5.58. The van der Waals surface area contributed by atoms with E-state index < -0.39 is 0 Å². The molecule has 1 aliphatic heterocycles. The Morgan fingerprint density at radius 2 is 2.40 bits per heavy atom. The summed E-state index contributed by atoms with van der Waals surface area (Å²) < 4.78 is 1.99. The number of nitrogens with one attached hydrogen (secondary N) is 1. The van der Waals surface area contributed by atoms with E-state index in [4.69, 9.17) is 0 Å². The summed E-state index contributed by atoms with van der Waals surface area (Å²) >= 11 is 0. The molecule has 0 spiro atoms. The van der Waals surface area contributed by atoms with Crippen molar-refractivity contribution in [2.24, 2.45) is 0 Å². The molecule has 4 nitrogen and oxygen atoms in total. The summed E-state index contributed by atoms with van der Waals surface area (Å²) in [6, 6.07) is 0.759. The standard InChI is InChI=1S/C11H19N3O/c1-7(2)14-11-10(5-12-14)9(6-15)4-8(3)13-11/h5,7-9,13,15H,4,6H2,1-3H3. The van der Waals surface area contributed by atoms with E-state index in [0.29, 0.717) is 12.1 Å². The van der Waals surface area contributed by atoms with Crippen LogP contribution in [0.1, 0.15) is 44.7 Å². The van der Waals surface area contributed by atoms with Gasteiger partial charge in [0.25, 0.3) is 0 Å². The van der Waals surface area contributed by atoms with Crippen molar-refractivity contribution in [3.05, 3.63) is 11.8 Å². The van der Waals surface area contributed by atoms with E-state index in [1.807, 2.05) is 10.9 Å². The first-order chi connectivity index (χ1) is 7.13. The fourth-order valence-corrected chi connectivity index (χ4v) is 2.23. The Bertz CT molecular complexity index is 346. The molecule has 0 aliphatic carbocycles. The Morgan fingerprint density at radius 1 is 1.67 bits per heavy atom. The second-order valence-corrected chi connectivity index (χ2v) is 4.65. The normalized spacial score (nSPS) is 25.1. The Kier molecular flexibility index (Phi) is 2.69. The summed E-state index contributed by atoms with van der Waals surface area (Å²) in [6.07, 6.45) is 2.86. The number of hydrogen-bond acceptors (Lipinski definition) is 3. The first-order valence-electron chi connectivity index (χ1n) is 5.58. The number of rotatable bonds is 2. The zero-order valence-electron chi connectivity index (χ0n) is 9.57. The highest BCUT2D eigenvalue weighted by atomic mass is 16.3. The molecular formula is C11H19N3O. The molecule has 15 heavy (non-hydrogen) atoms. The zero-order valence-corrected chi connectivity index (χ0v) is 9.57. The van der Waals surface area contributed by atoms with E-state index in [-0.39, 0.29) is 12.5 Å². The molecule has 2 unspecified atom stereocenters. The van der Waals surface area contributed by atoms with Crippen LogP contribution in [-0.4, -0.2) is 27.5 Å². The number of aliphatic hydroxyl groups is 1. The minimum absolute atomic E-state index is 0.211. The second kappa shape index (κ2) is 3.85. The highest BCUT2D eigenvalue weighted by molar-refractivity contribution is 5.50. The van der Waals surface area contributed by atoms with Gasteiger partial charge in [-0.05, 0) is 27.2 Å². The highest BCUT2D eigenvalue weighted by Gasteiger charge is 2.27. The van der Waals surface area contributed by atoms with Crippen molar-refractivity contribution in [2.45, 2.75) is 45.2 Å². The quantitative estimate of drug-likeness (QED) is 0.780. The summed E-state index contributed by atoms with van der Waals surface area (Å²) in [5, 5.41) is 17.2. The molecule has 2 atom stereocenters. The summed E-state index contributed by atoms with van der Waals surface area (Å²) in [5.74, 6) is 1.33. The van der Waals surface area contributed by atoms with Crippen LogP contribution in [0.15, 0.2) is 6.20 Å². The van der Waals surface area contributed by atoms with Gasteiger partial charge in [-0.1, -0.05) is 0 Å². The fraction of sp³-hybridized carbons (Fsp3) is 0.727. The molecule has 0 saturated carbocycles. The molecule has 0 saturated heterocycles. The van der Waals surface area contributed by atoms with Crippen molar-refractivity contribution in [3.8, 4) is 0 Å². The van der Waals surface area contributed by atoms with Crippen LogP contribution in [0.2, 0.25) is 0 Å². The minimum Gasteiger partial charge on any atom is -0.396 e. The SMILES string of the molecule is CC1CC(CO)c2cnn(C(C)C)c2N1. The first kappa shape index (κ1) is 10.5. The molecule has 84 valence electrons. The number of anilines is 1. The summed E-state index contributed by atoms with van der Waals surface area (Å²) in [5.41, 5.74) is 1.16. The largest absolute Gasteiger partial charge is 0.396 e. The highest BCUT2D eigenvalue weighted by Crippen LogP contribution is 2.34. The van der Waals surface area contributed by atoms with E-state index in [2.05, 4.69) is 31.2 Å². The smallest absolute Gasteiger partial charge is 0.128 e. The van der Waals surface area contributed by atoms with E-state index in [1.54, 1.807) is 0 Å². The van der Waals surface area contributed by atoms with Crippen LogP contribution in [0.3, 0.4) is 0 Å². The van der Waals surface area contributed by atoms with Crippen LogP contribution < -0.4 is 5.32 Å². The van der Waals surface area contributed by atoms with Gasteiger partial charge >= 0.3 is 0 Å². The molecule has 2 N–H and O–H groups in total. The van der Waals surface area contributed by atoms with Gasteiger partial charge in [-0.15, -0.1) is 0 Å². The van der Waals surface area contributed by atoms with Gasteiger partial charge in [0.05, 0.1) is 12.8 Å². The molecule has 2 rings (SSSR count). The number of aliphatic hydroxyl groups excluding tert-OH is 1. The Morgan fingerprint density at radius 3 is 3.00 bits per heavy atom. The molecule has 1 aliphatic rings. The van der Waals surface area contributed by atoms with E-state index in [0.717, 1.165) is 17.8 Å². The molecule has 0 radical (unpaired) electrons. The van der Waals surface area contributed by atoms with Crippen molar-refractivity contribution in [1.82, 2.24) is 9.78 Å². The number of nitrogens with zero attached hydrogens (tertiary/aromatic N) is 2. The third-order valence-electron chi connectivity index (χ3n) is 2.99. The van der Waals surface area contributed by atoms with Crippen LogP contribution in [0.5, 0.6) is 0 Å². The monoisotopic (exact) mass is 209 g/mol. The van der Waals surface area contributed by atoms with Crippen molar-refractivity contribution in [1.29, 1.82) is 0 Å². The van der Waals surface area contributed by atoms with Crippen LogP contribution in [-0.2, 0) is 0 Å². The van der Waals surface area contributed by atoms with Crippen molar-refractivity contribution in [2.75, 3.05) is 11.9 Å². The predicted molar refractivity (Wildman–Crippen MR) is 60.1 cm³/mol. The van der Waals surface area contributed by atoms with Gasteiger partial charge in [0.2, 0.25) is 0 Å². The zero-order chi connectivity index (χ0) is 11.0. The molecular weight excluding hydrogens is 190 g/mol. The van der Waals surface area contributed by atoms with E-state index >= 15 is 0 Å². The van der Waals surface area contributed by atoms with E-state index in [1.165, 1.54) is 0 Å². The Hall–Kier alpha value is -1.03. The molecule has 0 aromatic carbocycles. The third kappa shape index (κ3) is 1.74. The number of fused-ring (bicyclic) bond motifs is 1. The minimum atomic E-state index is 0.211. The summed E-state index contributed by atoms with van der Waals surface area (Å²) in [4.78, 5) is 0. The number of hydrogen-bond donors (Lipinski definition) is 2. The fourth-order valence-electron chi connectivity index (χ4n) is 2.23. The van der Waals surface area contributed by atoms with Gasteiger partial charge in [-0.3, -0.25) is 0 Å². The maximum atomic E-state index is 9.34. The topological polar surface area (TPSA) is 50.1 Å². The van der Waals surface area contributed by atoms with Gasteiger partial charge in [0.1, 0.15) is 5.82 Å². The second-order valence-electron chi connectivity index (χ2n) is 4.65. The number of aromatic nitrogens is 2. The summed E-state index contributed by atoms with van der Waals surface area (Å²) in [6.45, 7) is 6.58. The summed E-state index contributed by atoms with van der Waals surface area (Å²) in [7, 11) is 0. The third-order valence-corrected chi connectivity index (χ3v) is 2.99. The Balaban J connectivity index is 2.39. The lowest BCUT2D eigenvalue weighted by Gasteiger charge is -2.29. The lowest BCUT2D eigenvalue weighted by atomic mass is 9.91. The van der Waals surface area contributed by atoms with Gasteiger partial charge < -0.3 is 10.4 Å². The van der Waals surface area contributed by atoms with Gasteiger partial charge in [-0.2, -0.15) is 5.10 Å². The maximum absolute atomic E-state index is 9.34. The van der Waals surface area contributed by atoms with Crippen molar-refractivity contribution >= 4 is 5.82 Å². The average Bonchev–Trinajstić information content (AvgIpc) is 2.59. The predicted octanol–water partition coefficient (Wildman–Crippen LogP) is 1.74. The van der Waals surface area contributed by atoms with Crippen molar-refractivity contribution < 1.29 is 5.11 Å². The molecule has 2 heterocycles. The molecule has 1 aromatic rings.